The lowest BCUT2D eigenvalue weighted by atomic mass is 9.91. The number of aliphatic hydroxyl groups is 1. The maximum absolute atomic E-state index is 13.3. The summed E-state index contributed by atoms with van der Waals surface area (Å²) in [4.78, 5) is 18.3. The Bertz CT molecular complexity index is 1240. The summed E-state index contributed by atoms with van der Waals surface area (Å²) >= 11 is 0. The van der Waals surface area contributed by atoms with Crippen molar-refractivity contribution >= 4 is 16.8 Å². The number of ether oxygens (including phenoxy) is 1. The Morgan fingerprint density at radius 3 is 2.97 bits per heavy atom. The molecule has 2 aromatic heterocycles. The largest absolute Gasteiger partial charge is 0.491 e. The number of rotatable bonds is 5. The summed E-state index contributed by atoms with van der Waals surface area (Å²) in [5.41, 5.74) is 2.27. The number of carbonyl (C=O) groups is 1. The number of carbonyl (C=O) groups excluding carboxylic acids is 1. The van der Waals surface area contributed by atoms with E-state index < -0.39 is 5.60 Å². The molecule has 0 spiro atoms. The molecule has 2 aromatic carbocycles. The molecule has 1 atom stereocenters. The van der Waals surface area contributed by atoms with Crippen LogP contribution < -0.4 is 4.74 Å². The molecule has 1 aliphatic heterocycles. The van der Waals surface area contributed by atoms with Gasteiger partial charge in [0.25, 0.3) is 5.91 Å². The first-order valence-electron chi connectivity index (χ1n) is 10.8. The van der Waals surface area contributed by atoms with Crippen LogP contribution >= 0.6 is 0 Å². The van der Waals surface area contributed by atoms with Crippen LogP contribution in [0.4, 0.5) is 0 Å². The quantitative estimate of drug-likeness (QED) is 0.506. The molecule has 7 heteroatoms. The maximum atomic E-state index is 13.3. The van der Waals surface area contributed by atoms with Crippen molar-refractivity contribution in [2.45, 2.75) is 32.0 Å². The van der Waals surface area contributed by atoms with E-state index in [0.29, 0.717) is 38.2 Å². The molecule has 0 saturated heterocycles. The highest BCUT2D eigenvalue weighted by Crippen LogP contribution is 2.32. The summed E-state index contributed by atoms with van der Waals surface area (Å²) < 4.78 is 7.73. The number of para-hydroxylation sites is 1. The van der Waals surface area contributed by atoms with Crippen molar-refractivity contribution in [3.8, 4) is 5.75 Å². The van der Waals surface area contributed by atoms with E-state index in [9.17, 15) is 9.90 Å². The molecular formula is C25H26N4O3. The first-order valence-corrected chi connectivity index (χ1v) is 10.8. The van der Waals surface area contributed by atoms with Crippen LogP contribution in [-0.4, -0.2) is 43.8 Å². The number of benzene rings is 2. The minimum Gasteiger partial charge on any atom is -0.491 e. The molecule has 0 radical (unpaired) electrons. The molecule has 3 heterocycles. The van der Waals surface area contributed by atoms with Gasteiger partial charge in [-0.05, 0) is 43.2 Å². The fraction of sp³-hybridized carbons (Fsp3) is 0.280. The van der Waals surface area contributed by atoms with Crippen molar-refractivity contribution < 1.29 is 14.6 Å². The van der Waals surface area contributed by atoms with Crippen LogP contribution in [-0.2, 0) is 18.7 Å². The first kappa shape index (κ1) is 20.3. The van der Waals surface area contributed by atoms with Crippen LogP contribution in [0.2, 0.25) is 0 Å². The molecule has 32 heavy (non-hydrogen) atoms. The number of aryl methyl sites for hydroxylation is 1. The van der Waals surface area contributed by atoms with Gasteiger partial charge < -0.3 is 19.7 Å². The van der Waals surface area contributed by atoms with Crippen LogP contribution in [0.3, 0.4) is 0 Å². The SMILES string of the molecule is CC(O)(CCn1cccn1)c1ccc2c(c1)CN(C(=O)c1c[nH]c3ccccc13)CCO2. The van der Waals surface area contributed by atoms with Crippen molar-refractivity contribution in [1.82, 2.24) is 19.7 Å². The normalized spacial score (nSPS) is 15.6. The van der Waals surface area contributed by atoms with Crippen molar-refractivity contribution in [3.63, 3.8) is 0 Å². The van der Waals surface area contributed by atoms with Crippen LogP contribution in [0.25, 0.3) is 10.9 Å². The number of nitrogens with zero attached hydrogens (tertiary/aromatic N) is 3. The van der Waals surface area contributed by atoms with Crippen LogP contribution in [0.1, 0.15) is 34.8 Å². The Balaban J connectivity index is 1.38. The topological polar surface area (TPSA) is 83.4 Å². The van der Waals surface area contributed by atoms with Crippen molar-refractivity contribution in [2.75, 3.05) is 13.2 Å². The summed E-state index contributed by atoms with van der Waals surface area (Å²) in [6, 6.07) is 15.4. The van der Waals surface area contributed by atoms with Crippen LogP contribution in [0.5, 0.6) is 5.75 Å². The maximum Gasteiger partial charge on any atom is 0.256 e. The van der Waals surface area contributed by atoms with E-state index in [4.69, 9.17) is 4.74 Å². The first-order chi connectivity index (χ1) is 15.5. The zero-order chi connectivity index (χ0) is 22.1. The van der Waals surface area contributed by atoms with E-state index in [2.05, 4.69) is 10.1 Å². The van der Waals surface area contributed by atoms with Gasteiger partial charge in [-0.1, -0.05) is 24.3 Å². The van der Waals surface area contributed by atoms with Gasteiger partial charge in [0.15, 0.2) is 0 Å². The number of H-pyrrole nitrogens is 1. The van der Waals surface area contributed by atoms with E-state index in [1.807, 2.05) is 71.2 Å². The van der Waals surface area contributed by atoms with Gasteiger partial charge in [0.2, 0.25) is 0 Å². The highest BCUT2D eigenvalue weighted by molar-refractivity contribution is 6.06. The van der Waals surface area contributed by atoms with E-state index >= 15 is 0 Å². The fourth-order valence-electron chi connectivity index (χ4n) is 4.23. The number of aromatic nitrogens is 3. The molecule has 1 unspecified atom stereocenters. The van der Waals surface area contributed by atoms with Gasteiger partial charge in [0.1, 0.15) is 12.4 Å². The number of nitrogens with one attached hydrogen (secondary N) is 1. The van der Waals surface area contributed by atoms with Gasteiger partial charge in [0, 0.05) is 48.1 Å². The lowest BCUT2D eigenvalue weighted by Crippen LogP contribution is -2.32. The van der Waals surface area contributed by atoms with Gasteiger partial charge in [0.05, 0.1) is 17.7 Å². The van der Waals surface area contributed by atoms with Gasteiger partial charge >= 0.3 is 0 Å². The molecule has 0 saturated carbocycles. The molecule has 1 aliphatic rings. The van der Waals surface area contributed by atoms with E-state index in [1.165, 1.54) is 0 Å². The Morgan fingerprint density at radius 2 is 2.12 bits per heavy atom. The molecular weight excluding hydrogens is 404 g/mol. The third kappa shape index (κ3) is 3.87. The highest BCUT2D eigenvalue weighted by Gasteiger charge is 2.27. The molecule has 0 aliphatic carbocycles. The third-order valence-corrected chi connectivity index (χ3v) is 6.16. The molecule has 164 valence electrons. The number of hydrogen-bond acceptors (Lipinski definition) is 4. The molecule has 2 N–H and O–H groups in total. The fourth-order valence-corrected chi connectivity index (χ4v) is 4.23. The van der Waals surface area contributed by atoms with Crippen molar-refractivity contribution in [2.24, 2.45) is 0 Å². The second kappa shape index (κ2) is 8.16. The third-order valence-electron chi connectivity index (χ3n) is 6.16. The summed E-state index contributed by atoms with van der Waals surface area (Å²) in [7, 11) is 0. The van der Waals surface area contributed by atoms with Crippen LogP contribution in [0.15, 0.2) is 67.1 Å². The van der Waals surface area contributed by atoms with E-state index in [-0.39, 0.29) is 5.91 Å². The Kier molecular flexibility index (Phi) is 5.19. The van der Waals surface area contributed by atoms with Gasteiger partial charge in [-0.15, -0.1) is 0 Å². The summed E-state index contributed by atoms with van der Waals surface area (Å²) in [6.45, 7) is 3.77. The summed E-state index contributed by atoms with van der Waals surface area (Å²) in [5, 5.41) is 16.3. The average molecular weight is 431 g/mol. The predicted octanol–water partition coefficient (Wildman–Crippen LogP) is 3.70. The number of aromatic amines is 1. The lowest BCUT2D eigenvalue weighted by Gasteiger charge is -2.25. The standard InChI is InChI=1S/C25H26N4O3/c1-25(31,9-12-29-11-4-10-27-29)19-7-8-23-18(15-19)17-28(13-14-32-23)24(30)21-16-26-22-6-3-2-5-20(21)22/h2-8,10-11,15-16,26,31H,9,12-14,17H2,1H3. The zero-order valence-electron chi connectivity index (χ0n) is 18.0. The Hall–Kier alpha value is -3.58. The summed E-state index contributed by atoms with van der Waals surface area (Å²) in [6.07, 6.45) is 5.91. The Morgan fingerprint density at radius 1 is 1.25 bits per heavy atom. The van der Waals surface area contributed by atoms with Gasteiger partial charge in [-0.2, -0.15) is 5.10 Å². The molecule has 1 amide bonds. The van der Waals surface area contributed by atoms with Crippen molar-refractivity contribution in [3.05, 3.63) is 83.8 Å². The van der Waals surface area contributed by atoms with E-state index in [1.54, 1.807) is 12.4 Å². The predicted molar refractivity (Wildman–Crippen MR) is 121 cm³/mol. The molecule has 7 nitrogen and oxygen atoms in total. The molecule has 0 fully saturated rings. The van der Waals surface area contributed by atoms with Gasteiger partial charge in [-0.25, -0.2) is 0 Å². The van der Waals surface area contributed by atoms with E-state index in [0.717, 1.165) is 27.8 Å². The van der Waals surface area contributed by atoms with Crippen LogP contribution in [0, 0.1) is 0 Å². The molecule has 4 aromatic rings. The second-order valence-electron chi connectivity index (χ2n) is 8.44. The average Bonchev–Trinajstić information content (AvgIpc) is 3.42. The molecule has 5 rings (SSSR count). The molecule has 0 bridgehead atoms. The zero-order valence-corrected chi connectivity index (χ0v) is 18.0. The minimum absolute atomic E-state index is 0.0326. The monoisotopic (exact) mass is 430 g/mol. The smallest absolute Gasteiger partial charge is 0.256 e. The minimum atomic E-state index is -1.03. The lowest BCUT2D eigenvalue weighted by molar-refractivity contribution is 0.0419. The summed E-state index contributed by atoms with van der Waals surface area (Å²) in [5.74, 6) is 0.723. The highest BCUT2D eigenvalue weighted by atomic mass is 16.5. The Labute approximate surface area is 186 Å². The number of hydrogen-bond donors (Lipinski definition) is 2. The van der Waals surface area contributed by atoms with Gasteiger partial charge in [-0.3, -0.25) is 9.48 Å². The second-order valence-corrected chi connectivity index (χ2v) is 8.44. The number of amides is 1. The number of fused-ring (bicyclic) bond motifs is 2. The van der Waals surface area contributed by atoms with Crippen molar-refractivity contribution in [1.29, 1.82) is 0 Å².